The number of carbonyl (C=O) groups is 2. The molecule has 3 aromatic rings. The molecule has 1 aromatic carbocycles. The summed E-state index contributed by atoms with van der Waals surface area (Å²) in [5.74, 6) is 0.413. The molecule has 1 saturated carbocycles. The molecule has 0 spiro atoms. The third-order valence-electron chi connectivity index (χ3n) is 6.68. The largest absolute Gasteiger partial charge is 0.378 e. The minimum absolute atomic E-state index is 0.244. The lowest BCUT2D eigenvalue weighted by atomic mass is 9.78. The number of carbonyl (C=O) groups excluding carboxylic acids is 2. The molecule has 0 atom stereocenters. The summed E-state index contributed by atoms with van der Waals surface area (Å²) in [6, 6.07) is 10.8. The Morgan fingerprint density at radius 3 is 2.54 bits per heavy atom. The van der Waals surface area contributed by atoms with Gasteiger partial charge in [-0.05, 0) is 42.7 Å². The first-order chi connectivity index (χ1) is 17.0. The van der Waals surface area contributed by atoms with Gasteiger partial charge in [0, 0.05) is 19.2 Å². The quantitative estimate of drug-likeness (QED) is 0.579. The number of nitrogens with one attached hydrogen (secondary N) is 2. The zero-order valence-electron chi connectivity index (χ0n) is 19.2. The number of nitrogens with zero attached hydrogens (tertiary/aromatic N) is 4. The van der Waals surface area contributed by atoms with Crippen molar-refractivity contribution < 1.29 is 18.7 Å². The Labute approximate surface area is 202 Å². The second kappa shape index (κ2) is 9.83. The van der Waals surface area contributed by atoms with Crippen molar-refractivity contribution in [2.24, 2.45) is 0 Å². The summed E-state index contributed by atoms with van der Waals surface area (Å²) < 4.78 is 20.4. The average Bonchev–Trinajstić information content (AvgIpc) is 3.56. The Hall–Kier alpha value is -3.79. The smallest absolute Gasteiger partial charge is 0.348 e. The molecule has 2 fully saturated rings. The first-order valence-electron chi connectivity index (χ1n) is 11.8. The standard InChI is InChI=1S/C25H27FN6O3/c26-19-5-3-4-18(16-19)25(9-1-2-10-25)23(33)30-22-8-11-28-32(22)24(34)29-20-6-7-21(27-17-20)31-12-14-35-15-13-31/h3-8,11,16-17H,1-2,9-10,12-15H2,(H,29,34)(H,30,33). The molecular weight excluding hydrogens is 451 g/mol. The third-order valence-corrected chi connectivity index (χ3v) is 6.68. The van der Waals surface area contributed by atoms with Crippen LogP contribution in [0.25, 0.3) is 0 Å². The van der Waals surface area contributed by atoms with Gasteiger partial charge in [0.25, 0.3) is 0 Å². The summed E-state index contributed by atoms with van der Waals surface area (Å²) in [5, 5.41) is 9.70. The fourth-order valence-electron chi connectivity index (χ4n) is 4.82. The summed E-state index contributed by atoms with van der Waals surface area (Å²) in [5.41, 5.74) is 0.314. The fraction of sp³-hybridized carbons (Fsp3) is 0.360. The van der Waals surface area contributed by atoms with Crippen LogP contribution in [0.1, 0.15) is 31.2 Å². The Bertz CT molecular complexity index is 1200. The summed E-state index contributed by atoms with van der Waals surface area (Å²) in [6.07, 6.45) is 6.00. The molecule has 182 valence electrons. The SMILES string of the molecule is O=C(Nc1ccc(N2CCOCC2)nc1)n1nccc1NC(=O)C1(c2cccc(F)c2)CCCC1. The van der Waals surface area contributed by atoms with Crippen molar-refractivity contribution in [3.63, 3.8) is 0 Å². The van der Waals surface area contributed by atoms with Gasteiger partial charge in [-0.3, -0.25) is 4.79 Å². The number of halogens is 1. The van der Waals surface area contributed by atoms with Crippen molar-refractivity contribution in [1.29, 1.82) is 0 Å². The number of benzene rings is 1. The number of pyridine rings is 1. The molecule has 1 aliphatic heterocycles. The highest BCUT2D eigenvalue weighted by molar-refractivity contribution is 6.01. The summed E-state index contributed by atoms with van der Waals surface area (Å²) in [6.45, 7) is 2.86. The zero-order chi connectivity index (χ0) is 24.3. The van der Waals surface area contributed by atoms with Crippen LogP contribution < -0.4 is 15.5 Å². The van der Waals surface area contributed by atoms with E-state index in [0.29, 0.717) is 37.3 Å². The van der Waals surface area contributed by atoms with Crippen molar-refractivity contribution in [3.05, 3.63) is 66.2 Å². The molecule has 0 unspecified atom stereocenters. The van der Waals surface area contributed by atoms with Crippen LogP contribution in [0.5, 0.6) is 0 Å². The van der Waals surface area contributed by atoms with Crippen molar-refractivity contribution in [2.45, 2.75) is 31.1 Å². The van der Waals surface area contributed by atoms with Crippen molar-refractivity contribution in [3.8, 4) is 0 Å². The highest BCUT2D eigenvalue weighted by atomic mass is 19.1. The van der Waals surface area contributed by atoms with Gasteiger partial charge in [-0.1, -0.05) is 25.0 Å². The molecule has 2 N–H and O–H groups in total. The van der Waals surface area contributed by atoms with Gasteiger partial charge in [-0.2, -0.15) is 9.78 Å². The van der Waals surface area contributed by atoms with E-state index >= 15 is 0 Å². The van der Waals surface area contributed by atoms with Crippen LogP contribution in [-0.2, 0) is 14.9 Å². The molecule has 0 bridgehead atoms. The maximum Gasteiger partial charge on any atom is 0.348 e. The van der Waals surface area contributed by atoms with Crippen LogP contribution in [0, 0.1) is 5.82 Å². The van der Waals surface area contributed by atoms with Gasteiger partial charge in [-0.15, -0.1) is 0 Å². The summed E-state index contributed by atoms with van der Waals surface area (Å²) in [7, 11) is 0. The summed E-state index contributed by atoms with van der Waals surface area (Å²) >= 11 is 0. The van der Waals surface area contributed by atoms with Gasteiger partial charge in [0.2, 0.25) is 5.91 Å². The van der Waals surface area contributed by atoms with Crippen LogP contribution >= 0.6 is 0 Å². The molecule has 9 nitrogen and oxygen atoms in total. The van der Waals surface area contributed by atoms with Crippen LogP contribution in [0.2, 0.25) is 0 Å². The average molecular weight is 479 g/mol. The molecule has 35 heavy (non-hydrogen) atoms. The number of hydrogen-bond donors (Lipinski definition) is 2. The predicted molar refractivity (Wildman–Crippen MR) is 129 cm³/mol. The van der Waals surface area contributed by atoms with Crippen molar-refractivity contribution in [1.82, 2.24) is 14.8 Å². The molecule has 10 heteroatoms. The molecule has 1 aliphatic carbocycles. The second-order valence-electron chi connectivity index (χ2n) is 8.82. The Morgan fingerprint density at radius 2 is 1.83 bits per heavy atom. The number of anilines is 3. The number of hydrogen-bond acceptors (Lipinski definition) is 6. The molecule has 2 aliphatic rings. The molecule has 0 radical (unpaired) electrons. The van der Waals surface area contributed by atoms with Crippen LogP contribution in [0.4, 0.5) is 26.5 Å². The first kappa shape index (κ1) is 23.0. The van der Waals surface area contributed by atoms with E-state index in [0.717, 1.165) is 36.4 Å². The van der Waals surface area contributed by atoms with Gasteiger partial charge in [-0.25, -0.2) is 14.2 Å². The minimum atomic E-state index is -0.840. The fourth-order valence-corrected chi connectivity index (χ4v) is 4.82. The molecule has 2 aromatic heterocycles. The highest BCUT2D eigenvalue weighted by Gasteiger charge is 2.43. The van der Waals surface area contributed by atoms with E-state index < -0.39 is 11.4 Å². The van der Waals surface area contributed by atoms with Crippen LogP contribution in [0.15, 0.2) is 54.9 Å². The van der Waals surface area contributed by atoms with Gasteiger partial charge in [0.05, 0.1) is 36.7 Å². The Morgan fingerprint density at radius 1 is 1.03 bits per heavy atom. The Kier molecular flexibility index (Phi) is 6.45. The van der Waals surface area contributed by atoms with E-state index in [1.54, 1.807) is 30.5 Å². The lowest BCUT2D eigenvalue weighted by Gasteiger charge is -2.28. The van der Waals surface area contributed by atoms with E-state index in [-0.39, 0.29) is 17.5 Å². The van der Waals surface area contributed by atoms with E-state index in [1.165, 1.54) is 18.3 Å². The molecule has 5 rings (SSSR count). The topological polar surface area (TPSA) is 101 Å². The number of aromatic nitrogens is 3. The van der Waals surface area contributed by atoms with Crippen LogP contribution in [-0.4, -0.2) is 53.0 Å². The minimum Gasteiger partial charge on any atom is -0.378 e. The Balaban J connectivity index is 1.29. The highest BCUT2D eigenvalue weighted by Crippen LogP contribution is 2.42. The number of ether oxygens (including phenoxy) is 1. The lowest BCUT2D eigenvalue weighted by Crippen LogP contribution is -2.39. The van der Waals surface area contributed by atoms with Gasteiger partial charge >= 0.3 is 6.03 Å². The van der Waals surface area contributed by atoms with Gasteiger partial charge in [0.1, 0.15) is 17.5 Å². The van der Waals surface area contributed by atoms with E-state index in [2.05, 4.69) is 25.6 Å². The van der Waals surface area contributed by atoms with Gasteiger partial charge < -0.3 is 20.3 Å². The first-order valence-corrected chi connectivity index (χ1v) is 11.8. The maximum atomic E-state index is 13.9. The van der Waals surface area contributed by atoms with E-state index in [9.17, 15) is 14.0 Å². The third kappa shape index (κ3) is 4.74. The second-order valence-corrected chi connectivity index (χ2v) is 8.82. The van der Waals surface area contributed by atoms with E-state index in [4.69, 9.17) is 4.74 Å². The molecular formula is C25H27FN6O3. The molecule has 2 amide bonds. The normalized spacial score (nSPS) is 17.2. The van der Waals surface area contributed by atoms with Crippen molar-refractivity contribution in [2.75, 3.05) is 41.8 Å². The maximum absolute atomic E-state index is 13.9. The van der Waals surface area contributed by atoms with Gasteiger partial charge in [0.15, 0.2) is 0 Å². The predicted octanol–water partition coefficient (Wildman–Crippen LogP) is 3.78. The zero-order valence-corrected chi connectivity index (χ0v) is 19.2. The lowest BCUT2D eigenvalue weighted by molar-refractivity contribution is -0.121. The number of morpholine rings is 1. The van der Waals surface area contributed by atoms with Crippen molar-refractivity contribution >= 4 is 29.3 Å². The molecule has 3 heterocycles. The van der Waals surface area contributed by atoms with E-state index in [1.807, 2.05) is 6.07 Å². The monoisotopic (exact) mass is 478 g/mol. The number of amides is 2. The van der Waals surface area contributed by atoms with Crippen LogP contribution in [0.3, 0.4) is 0 Å². The number of rotatable bonds is 5. The summed E-state index contributed by atoms with van der Waals surface area (Å²) in [4.78, 5) is 32.9. The molecule has 1 saturated heterocycles.